The zero-order chi connectivity index (χ0) is 35.8. The number of carbonyl (C=O) groups excluding carboxylic acids is 1. The third-order valence-corrected chi connectivity index (χ3v) is 10.3. The fraction of sp³-hybridized carbons (Fsp3) is 0.179. The largest absolute Gasteiger partial charge is 0.485 e. The van der Waals surface area contributed by atoms with Gasteiger partial charge < -0.3 is 30.0 Å². The Morgan fingerprint density at radius 1 is 0.686 bits per heavy atom. The molecule has 0 radical (unpaired) electrons. The molecule has 0 saturated carbocycles. The van der Waals surface area contributed by atoms with Gasteiger partial charge in [-0.05, 0) is 53.1 Å². The molecule has 0 aliphatic carbocycles. The van der Waals surface area contributed by atoms with Gasteiger partial charge in [0.15, 0.2) is 11.5 Å². The van der Waals surface area contributed by atoms with Crippen molar-refractivity contribution in [2.75, 3.05) is 25.4 Å². The molecule has 1 amide bonds. The number of nitrogens with two attached hydrogens (primary N) is 1. The van der Waals surface area contributed by atoms with Crippen molar-refractivity contribution in [2.24, 2.45) is 0 Å². The second-order valence-electron chi connectivity index (χ2n) is 11.9. The maximum absolute atomic E-state index is 14.3. The molecule has 1 atom stereocenters. The van der Waals surface area contributed by atoms with E-state index in [0.29, 0.717) is 5.69 Å². The summed E-state index contributed by atoms with van der Waals surface area (Å²) in [6.07, 6.45) is 0. The van der Waals surface area contributed by atoms with Crippen LogP contribution in [0.4, 0.5) is 5.69 Å². The van der Waals surface area contributed by atoms with E-state index >= 15 is 0 Å². The lowest BCUT2D eigenvalue weighted by molar-refractivity contribution is -0.143. The predicted octanol–water partition coefficient (Wildman–Crippen LogP) is 5.61. The second-order valence-corrected chi connectivity index (χ2v) is 13.8. The number of nitrogens with zero attached hydrogens (tertiary/aromatic N) is 2. The number of aliphatic carboxylic acids is 1. The summed E-state index contributed by atoms with van der Waals surface area (Å²) in [5.74, 6) is -1.25. The molecule has 51 heavy (non-hydrogen) atoms. The number of hydrogen-bond donors (Lipinski definition) is 2. The van der Waals surface area contributed by atoms with Crippen molar-refractivity contribution in [3.63, 3.8) is 0 Å². The highest BCUT2D eigenvalue weighted by atomic mass is 32.2. The van der Waals surface area contributed by atoms with Crippen LogP contribution < -0.4 is 19.9 Å². The number of sulfonamides is 1. The van der Waals surface area contributed by atoms with Crippen molar-refractivity contribution in [3.8, 4) is 17.2 Å². The van der Waals surface area contributed by atoms with Crippen molar-refractivity contribution in [1.82, 2.24) is 9.21 Å². The summed E-state index contributed by atoms with van der Waals surface area (Å²) >= 11 is 0. The van der Waals surface area contributed by atoms with E-state index in [1.807, 2.05) is 91.0 Å². The Balaban J connectivity index is 1.34. The zero-order valence-electron chi connectivity index (χ0n) is 27.6. The van der Waals surface area contributed by atoms with Gasteiger partial charge in [-0.15, -0.1) is 0 Å². The minimum absolute atomic E-state index is 0.0212. The Bertz CT molecular complexity index is 2000. The summed E-state index contributed by atoms with van der Waals surface area (Å²) in [5, 5.41) is 10.2. The number of benzene rings is 5. The van der Waals surface area contributed by atoms with Crippen LogP contribution in [0.25, 0.3) is 0 Å². The average Bonchev–Trinajstić information content (AvgIpc) is 3.16. The van der Waals surface area contributed by atoms with Crippen LogP contribution in [-0.2, 0) is 34.6 Å². The Hall–Kier alpha value is -5.85. The summed E-state index contributed by atoms with van der Waals surface area (Å²) in [6.45, 7) is -0.245. The molecule has 1 fully saturated rings. The van der Waals surface area contributed by atoms with Crippen molar-refractivity contribution < 1.29 is 37.3 Å². The molecule has 1 saturated heterocycles. The maximum Gasteiger partial charge on any atom is 0.327 e. The molecule has 12 heteroatoms. The highest BCUT2D eigenvalue weighted by Gasteiger charge is 2.40. The third-order valence-electron chi connectivity index (χ3n) is 8.37. The first-order valence-electron chi connectivity index (χ1n) is 16.3. The molecule has 1 unspecified atom stereocenters. The molecule has 0 aromatic heterocycles. The number of carboxylic acids is 1. The van der Waals surface area contributed by atoms with Crippen LogP contribution in [0.5, 0.6) is 17.2 Å². The number of ether oxygens (including phenoxy) is 3. The van der Waals surface area contributed by atoms with E-state index in [1.165, 1.54) is 41.3 Å². The lowest BCUT2D eigenvalue weighted by Gasteiger charge is -2.38. The molecule has 5 aromatic rings. The zero-order valence-corrected chi connectivity index (χ0v) is 28.4. The van der Waals surface area contributed by atoms with Crippen LogP contribution >= 0.6 is 0 Å². The van der Waals surface area contributed by atoms with E-state index in [-0.39, 0.29) is 60.6 Å². The van der Waals surface area contributed by atoms with Gasteiger partial charge in [0, 0.05) is 30.9 Å². The standard InChI is InChI=1S/C39H37N3O8S/c40-32-16-18-33(19-17-32)51(46,47)41-20-21-42(34(24-41)39(44)45)38(43)31-22-35(48-25-28-10-4-1-5-11-28)37(50-27-30-14-8-3-9-15-30)36(23-31)49-26-29-12-6-2-7-13-29/h1-19,22-23,34H,20-21,24-27,40H2,(H,44,45). The lowest BCUT2D eigenvalue weighted by Crippen LogP contribution is -2.59. The van der Waals surface area contributed by atoms with Gasteiger partial charge in [-0.25, -0.2) is 13.2 Å². The van der Waals surface area contributed by atoms with Gasteiger partial charge in [0.1, 0.15) is 25.9 Å². The lowest BCUT2D eigenvalue weighted by atomic mass is 10.1. The van der Waals surface area contributed by atoms with Crippen LogP contribution in [0, 0.1) is 0 Å². The van der Waals surface area contributed by atoms with Crippen LogP contribution in [0.2, 0.25) is 0 Å². The highest BCUT2D eigenvalue weighted by molar-refractivity contribution is 7.89. The molecule has 0 bridgehead atoms. The first kappa shape index (κ1) is 35.0. The fourth-order valence-corrected chi connectivity index (χ4v) is 7.08. The molecule has 262 valence electrons. The van der Waals surface area contributed by atoms with E-state index in [2.05, 4.69) is 0 Å². The highest BCUT2D eigenvalue weighted by Crippen LogP contribution is 2.41. The van der Waals surface area contributed by atoms with E-state index < -0.39 is 34.5 Å². The minimum Gasteiger partial charge on any atom is -0.485 e. The topological polar surface area (TPSA) is 149 Å². The number of piperazine rings is 1. The molecule has 6 rings (SSSR count). The Morgan fingerprint density at radius 2 is 1.16 bits per heavy atom. The van der Waals surface area contributed by atoms with Gasteiger partial charge in [0.25, 0.3) is 5.91 Å². The first-order chi connectivity index (χ1) is 24.7. The molecular formula is C39H37N3O8S. The number of carbonyl (C=O) groups is 2. The number of nitrogen functional groups attached to an aromatic ring is 1. The maximum atomic E-state index is 14.3. The van der Waals surface area contributed by atoms with Crippen molar-refractivity contribution >= 4 is 27.6 Å². The minimum atomic E-state index is -4.05. The molecule has 11 nitrogen and oxygen atoms in total. The SMILES string of the molecule is Nc1ccc(S(=O)(=O)N2CCN(C(=O)c3cc(OCc4ccccc4)c(OCc4ccccc4)c(OCc4ccccc4)c3)C(C(=O)O)C2)cc1. The summed E-state index contributed by atoms with van der Waals surface area (Å²) in [4.78, 5) is 28.0. The molecule has 1 aliphatic rings. The van der Waals surface area contributed by atoms with Gasteiger partial charge in [0.05, 0.1) is 4.90 Å². The number of hydrogen-bond acceptors (Lipinski definition) is 8. The van der Waals surface area contributed by atoms with Crippen molar-refractivity contribution in [3.05, 3.63) is 150 Å². The smallest absolute Gasteiger partial charge is 0.327 e. The third kappa shape index (κ3) is 8.48. The molecule has 1 aliphatic heterocycles. The van der Waals surface area contributed by atoms with E-state index in [0.717, 1.165) is 21.0 Å². The van der Waals surface area contributed by atoms with Gasteiger partial charge in [-0.1, -0.05) is 91.0 Å². The van der Waals surface area contributed by atoms with E-state index in [1.54, 1.807) is 0 Å². The van der Waals surface area contributed by atoms with Gasteiger partial charge in [0.2, 0.25) is 15.8 Å². The number of anilines is 1. The van der Waals surface area contributed by atoms with Crippen molar-refractivity contribution in [2.45, 2.75) is 30.8 Å². The van der Waals surface area contributed by atoms with Crippen LogP contribution in [-0.4, -0.2) is 60.3 Å². The summed E-state index contributed by atoms with van der Waals surface area (Å²) in [7, 11) is -4.05. The Morgan fingerprint density at radius 3 is 1.63 bits per heavy atom. The Labute approximate surface area is 296 Å². The summed E-state index contributed by atoms with van der Waals surface area (Å²) < 4.78 is 46.8. The Kier molecular flexibility index (Phi) is 10.8. The van der Waals surface area contributed by atoms with Gasteiger partial charge >= 0.3 is 5.97 Å². The number of carboxylic acid groups (broad SMARTS) is 1. The molecule has 3 N–H and O–H groups in total. The van der Waals surface area contributed by atoms with Gasteiger partial charge in [-0.3, -0.25) is 4.79 Å². The fourth-order valence-electron chi connectivity index (χ4n) is 5.64. The molecular weight excluding hydrogens is 671 g/mol. The van der Waals surface area contributed by atoms with Gasteiger partial charge in [-0.2, -0.15) is 4.31 Å². The van der Waals surface area contributed by atoms with Crippen molar-refractivity contribution in [1.29, 1.82) is 0 Å². The average molecular weight is 708 g/mol. The molecule has 0 spiro atoms. The quantitative estimate of drug-likeness (QED) is 0.149. The number of rotatable bonds is 13. The normalized spacial score (nSPS) is 14.8. The predicted molar refractivity (Wildman–Crippen MR) is 191 cm³/mol. The summed E-state index contributed by atoms with van der Waals surface area (Å²) in [5.41, 5.74) is 8.86. The monoisotopic (exact) mass is 707 g/mol. The van der Waals surface area contributed by atoms with E-state index in [9.17, 15) is 23.1 Å². The van der Waals surface area contributed by atoms with Crippen LogP contribution in [0.15, 0.2) is 132 Å². The molecule has 5 aromatic carbocycles. The number of amides is 1. The van der Waals surface area contributed by atoms with E-state index in [4.69, 9.17) is 19.9 Å². The molecule has 1 heterocycles. The summed E-state index contributed by atoms with van der Waals surface area (Å²) in [6, 6.07) is 35.7. The first-order valence-corrected chi connectivity index (χ1v) is 17.7. The van der Waals surface area contributed by atoms with Crippen LogP contribution in [0.1, 0.15) is 27.0 Å². The van der Waals surface area contributed by atoms with Crippen LogP contribution in [0.3, 0.4) is 0 Å². The second kappa shape index (κ2) is 15.8.